The molecule has 1 fully saturated rings. The number of hydrogen-bond acceptors (Lipinski definition) is 4. The summed E-state index contributed by atoms with van der Waals surface area (Å²) < 4.78 is 5.69. The van der Waals surface area contributed by atoms with Crippen molar-refractivity contribution in [2.45, 2.75) is 38.1 Å². The number of carbonyl (C=O) groups is 1. The van der Waals surface area contributed by atoms with E-state index in [1.165, 1.54) is 25.5 Å². The summed E-state index contributed by atoms with van der Waals surface area (Å²) in [4.78, 5) is 11.8. The molecule has 6 heteroatoms. The van der Waals surface area contributed by atoms with Crippen LogP contribution in [0.3, 0.4) is 0 Å². The van der Waals surface area contributed by atoms with Crippen LogP contribution < -0.4 is 10.7 Å². The average molecular weight is 360 g/mol. The highest BCUT2D eigenvalue weighted by Gasteiger charge is 2.13. The third kappa shape index (κ3) is 5.44. The van der Waals surface area contributed by atoms with Crippen LogP contribution >= 0.6 is 11.6 Å². The molecule has 1 saturated carbocycles. The first kappa shape index (κ1) is 17.7. The van der Waals surface area contributed by atoms with Gasteiger partial charge in [0, 0.05) is 16.6 Å². The predicted octanol–water partition coefficient (Wildman–Crippen LogP) is 3.97. The van der Waals surface area contributed by atoms with Crippen LogP contribution in [0, 0.1) is 0 Å². The Bertz CT molecular complexity index is 719. The van der Waals surface area contributed by atoms with Crippen molar-refractivity contribution in [3.63, 3.8) is 0 Å². The van der Waals surface area contributed by atoms with E-state index in [9.17, 15) is 4.79 Å². The smallest absolute Gasteiger partial charge is 0.254 e. The van der Waals surface area contributed by atoms with E-state index in [0.717, 1.165) is 24.2 Å². The largest absolute Gasteiger partial charge is 0.455 e. The van der Waals surface area contributed by atoms with Gasteiger partial charge in [-0.2, -0.15) is 5.10 Å². The molecule has 0 saturated heterocycles. The van der Waals surface area contributed by atoms with Crippen molar-refractivity contribution in [3.05, 3.63) is 47.2 Å². The molecule has 0 spiro atoms. The summed E-state index contributed by atoms with van der Waals surface area (Å²) in [5.74, 6) is 1.15. The summed E-state index contributed by atoms with van der Waals surface area (Å²) in [6.07, 6.45) is 7.58. The summed E-state index contributed by atoms with van der Waals surface area (Å²) in [5.41, 5.74) is 3.45. The second-order valence-electron chi connectivity index (χ2n) is 6.22. The second kappa shape index (κ2) is 8.83. The minimum absolute atomic E-state index is 0.147. The van der Waals surface area contributed by atoms with Crippen molar-refractivity contribution in [2.24, 2.45) is 5.10 Å². The zero-order valence-electron chi connectivity index (χ0n) is 14.0. The van der Waals surface area contributed by atoms with Gasteiger partial charge in [0.2, 0.25) is 0 Å². The molecular formula is C19H22ClN3O2. The molecular weight excluding hydrogens is 338 g/mol. The van der Waals surface area contributed by atoms with Gasteiger partial charge in [-0.25, -0.2) is 5.43 Å². The fourth-order valence-corrected chi connectivity index (χ4v) is 3.07. The van der Waals surface area contributed by atoms with Crippen LogP contribution in [0.1, 0.15) is 37.9 Å². The van der Waals surface area contributed by atoms with Gasteiger partial charge in [0.05, 0.1) is 12.8 Å². The molecule has 1 aliphatic carbocycles. The lowest BCUT2D eigenvalue weighted by Crippen LogP contribution is -2.38. The molecule has 0 unspecified atom stereocenters. The Morgan fingerprint density at radius 1 is 1.16 bits per heavy atom. The van der Waals surface area contributed by atoms with Gasteiger partial charge < -0.3 is 9.73 Å². The summed E-state index contributed by atoms with van der Waals surface area (Å²) in [6, 6.07) is 11.5. The predicted molar refractivity (Wildman–Crippen MR) is 99.8 cm³/mol. The van der Waals surface area contributed by atoms with Gasteiger partial charge in [-0.15, -0.1) is 0 Å². The maximum atomic E-state index is 11.8. The van der Waals surface area contributed by atoms with Crippen molar-refractivity contribution in [2.75, 3.05) is 6.54 Å². The quantitative estimate of drug-likeness (QED) is 0.605. The lowest BCUT2D eigenvalue weighted by Gasteiger charge is -2.22. The Labute approximate surface area is 152 Å². The molecule has 1 heterocycles. The number of furan rings is 1. The van der Waals surface area contributed by atoms with Crippen LogP contribution in [-0.2, 0) is 4.79 Å². The van der Waals surface area contributed by atoms with Gasteiger partial charge in [-0.1, -0.05) is 30.9 Å². The average Bonchev–Trinajstić information content (AvgIpc) is 3.10. The third-order valence-corrected chi connectivity index (χ3v) is 4.55. The standard InChI is InChI=1S/C19H22ClN3O2/c20-15-8-6-14(7-9-15)18-11-10-17(25-18)12-22-23-19(24)13-21-16-4-2-1-3-5-16/h6-12,16,21H,1-5,13H2,(H,23,24)/b22-12-. The second-order valence-corrected chi connectivity index (χ2v) is 6.65. The molecule has 1 aromatic carbocycles. The minimum atomic E-state index is -0.147. The van der Waals surface area contributed by atoms with E-state index in [4.69, 9.17) is 16.0 Å². The molecule has 25 heavy (non-hydrogen) atoms. The number of hydrazone groups is 1. The molecule has 0 radical (unpaired) electrons. The first-order valence-corrected chi connectivity index (χ1v) is 8.99. The van der Waals surface area contributed by atoms with E-state index in [-0.39, 0.29) is 12.5 Å². The number of amides is 1. The summed E-state index contributed by atoms with van der Waals surface area (Å²) in [5, 5.41) is 7.91. The minimum Gasteiger partial charge on any atom is -0.455 e. The van der Waals surface area contributed by atoms with Crippen molar-refractivity contribution in [1.29, 1.82) is 0 Å². The van der Waals surface area contributed by atoms with Gasteiger partial charge >= 0.3 is 0 Å². The fraction of sp³-hybridized carbons (Fsp3) is 0.368. The lowest BCUT2D eigenvalue weighted by molar-refractivity contribution is -0.120. The summed E-state index contributed by atoms with van der Waals surface area (Å²) in [6.45, 7) is 0.288. The van der Waals surface area contributed by atoms with Crippen LogP contribution in [0.5, 0.6) is 0 Å². The van der Waals surface area contributed by atoms with Crippen LogP contribution in [0.25, 0.3) is 11.3 Å². The lowest BCUT2D eigenvalue weighted by atomic mass is 9.95. The first-order valence-electron chi connectivity index (χ1n) is 8.62. The molecule has 1 amide bonds. The normalized spacial score (nSPS) is 15.6. The molecule has 0 aliphatic heterocycles. The van der Waals surface area contributed by atoms with Crippen LogP contribution in [0.15, 0.2) is 45.9 Å². The zero-order valence-corrected chi connectivity index (χ0v) is 14.8. The first-order chi connectivity index (χ1) is 12.2. The number of nitrogens with one attached hydrogen (secondary N) is 2. The maximum Gasteiger partial charge on any atom is 0.254 e. The van der Waals surface area contributed by atoms with E-state index in [2.05, 4.69) is 15.8 Å². The Morgan fingerprint density at radius 2 is 1.92 bits per heavy atom. The highest BCUT2D eigenvalue weighted by molar-refractivity contribution is 6.30. The highest BCUT2D eigenvalue weighted by Crippen LogP contribution is 2.23. The summed E-state index contributed by atoms with van der Waals surface area (Å²) in [7, 11) is 0. The number of rotatable bonds is 6. The Balaban J connectivity index is 1.45. The van der Waals surface area contributed by atoms with Crippen molar-refractivity contribution in [3.8, 4) is 11.3 Å². The van der Waals surface area contributed by atoms with E-state index >= 15 is 0 Å². The zero-order chi connectivity index (χ0) is 17.5. The van der Waals surface area contributed by atoms with Gasteiger partial charge in [-0.3, -0.25) is 4.79 Å². The molecule has 1 aliphatic rings. The van der Waals surface area contributed by atoms with Crippen molar-refractivity contribution >= 4 is 23.7 Å². The summed E-state index contributed by atoms with van der Waals surface area (Å²) >= 11 is 5.88. The van der Waals surface area contributed by atoms with E-state index in [1.807, 2.05) is 30.3 Å². The fourth-order valence-electron chi connectivity index (χ4n) is 2.94. The Kier molecular flexibility index (Phi) is 6.25. The van der Waals surface area contributed by atoms with Crippen LogP contribution in [0.4, 0.5) is 0 Å². The molecule has 3 rings (SSSR count). The SMILES string of the molecule is O=C(CNC1CCCCC1)N/N=C\c1ccc(-c2ccc(Cl)cc2)o1. The van der Waals surface area contributed by atoms with Gasteiger partial charge in [0.25, 0.3) is 5.91 Å². The Hall–Kier alpha value is -2.11. The van der Waals surface area contributed by atoms with Gasteiger partial charge in [0.1, 0.15) is 11.5 Å². The third-order valence-electron chi connectivity index (χ3n) is 4.29. The number of hydrogen-bond donors (Lipinski definition) is 2. The van der Waals surface area contributed by atoms with Crippen molar-refractivity contribution < 1.29 is 9.21 Å². The highest BCUT2D eigenvalue weighted by atomic mass is 35.5. The molecule has 1 aromatic heterocycles. The molecule has 0 bridgehead atoms. The topological polar surface area (TPSA) is 66.6 Å². The van der Waals surface area contributed by atoms with E-state index in [0.29, 0.717) is 16.8 Å². The van der Waals surface area contributed by atoms with Crippen LogP contribution in [-0.4, -0.2) is 24.7 Å². The number of halogens is 1. The number of carbonyl (C=O) groups excluding carboxylic acids is 1. The van der Waals surface area contributed by atoms with Gasteiger partial charge in [-0.05, 0) is 49.2 Å². The van der Waals surface area contributed by atoms with E-state index < -0.39 is 0 Å². The maximum absolute atomic E-state index is 11.8. The van der Waals surface area contributed by atoms with Crippen molar-refractivity contribution in [1.82, 2.24) is 10.7 Å². The number of nitrogens with zero attached hydrogens (tertiary/aromatic N) is 1. The van der Waals surface area contributed by atoms with E-state index in [1.54, 1.807) is 6.07 Å². The number of benzene rings is 1. The molecule has 5 nitrogen and oxygen atoms in total. The molecule has 2 aromatic rings. The van der Waals surface area contributed by atoms with Crippen LogP contribution in [0.2, 0.25) is 5.02 Å². The van der Waals surface area contributed by atoms with Gasteiger partial charge in [0.15, 0.2) is 0 Å². The molecule has 0 atom stereocenters. The molecule has 132 valence electrons. The molecule has 2 N–H and O–H groups in total. The Morgan fingerprint density at radius 3 is 2.68 bits per heavy atom. The monoisotopic (exact) mass is 359 g/mol.